The first kappa shape index (κ1) is 16.3. The van der Waals surface area contributed by atoms with Gasteiger partial charge in [0.15, 0.2) is 0 Å². The number of benzene rings is 2. The Kier molecular flexibility index (Phi) is 5.23. The molecule has 0 aromatic heterocycles. The molecular formula is C14H8BrClINO3. The summed E-state index contributed by atoms with van der Waals surface area (Å²) >= 11 is 11.3. The van der Waals surface area contributed by atoms with Crippen LogP contribution in [-0.2, 0) is 0 Å². The SMILES string of the molecule is O=C(O)c1ccc(Br)c(NC(=O)c2ccc(I)c(Cl)c2)c1. The van der Waals surface area contributed by atoms with Gasteiger partial charge in [0, 0.05) is 13.6 Å². The van der Waals surface area contributed by atoms with Gasteiger partial charge in [0.25, 0.3) is 5.91 Å². The Hall–Kier alpha value is -1.12. The number of amides is 1. The van der Waals surface area contributed by atoms with E-state index in [1.54, 1.807) is 24.3 Å². The molecule has 0 aliphatic heterocycles. The second-order valence-corrected chi connectivity index (χ2v) is 6.51. The van der Waals surface area contributed by atoms with Crippen molar-refractivity contribution in [2.75, 3.05) is 5.32 Å². The zero-order chi connectivity index (χ0) is 15.6. The normalized spacial score (nSPS) is 10.2. The maximum atomic E-state index is 12.2. The van der Waals surface area contributed by atoms with Crippen LogP contribution in [0.1, 0.15) is 20.7 Å². The number of carbonyl (C=O) groups is 2. The zero-order valence-electron chi connectivity index (χ0n) is 10.4. The monoisotopic (exact) mass is 479 g/mol. The van der Waals surface area contributed by atoms with Crippen LogP contribution in [0.4, 0.5) is 5.69 Å². The van der Waals surface area contributed by atoms with Crippen molar-refractivity contribution < 1.29 is 14.7 Å². The molecule has 2 aromatic rings. The molecule has 0 aliphatic rings. The summed E-state index contributed by atoms with van der Waals surface area (Å²) < 4.78 is 1.44. The number of carboxylic acid groups (broad SMARTS) is 1. The van der Waals surface area contributed by atoms with Gasteiger partial charge in [-0.3, -0.25) is 4.79 Å². The first-order valence-electron chi connectivity index (χ1n) is 5.67. The molecule has 108 valence electrons. The summed E-state index contributed by atoms with van der Waals surface area (Å²) in [4.78, 5) is 23.1. The molecule has 0 aliphatic carbocycles. The molecule has 0 atom stereocenters. The Morgan fingerprint density at radius 1 is 1.14 bits per heavy atom. The lowest BCUT2D eigenvalue weighted by molar-refractivity contribution is 0.0696. The van der Waals surface area contributed by atoms with E-state index in [1.807, 2.05) is 0 Å². The molecule has 21 heavy (non-hydrogen) atoms. The average molecular weight is 480 g/mol. The van der Waals surface area contributed by atoms with Gasteiger partial charge in [0.1, 0.15) is 0 Å². The molecule has 0 saturated heterocycles. The van der Waals surface area contributed by atoms with E-state index in [0.717, 1.165) is 3.57 Å². The van der Waals surface area contributed by atoms with Crippen molar-refractivity contribution in [3.8, 4) is 0 Å². The Morgan fingerprint density at radius 2 is 1.81 bits per heavy atom. The Labute approximate surface area is 147 Å². The standard InChI is InChI=1S/C14H8BrClINO3/c15-9-3-1-8(14(20)21)6-12(9)18-13(19)7-2-4-11(17)10(16)5-7/h1-6H,(H,18,19)(H,20,21). The molecule has 2 aromatic carbocycles. The lowest BCUT2D eigenvalue weighted by Crippen LogP contribution is -2.13. The van der Waals surface area contributed by atoms with Crippen LogP contribution >= 0.6 is 50.1 Å². The molecule has 2 N–H and O–H groups in total. The number of halogens is 3. The van der Waals surface area contributed by atoms with Crippen molar-refractivity contribution in [2.24, 2.45) is 0 Å². The molecule has 1 amide bonds. The fourth-order valence-electron chi connectivity index (χ4n) is 1.59. The molecule has 0 radical (unpaired) electrons. The highest BCUT2D eigenvalue weighted by Gasteiger charge is 2.12. The lowest BCUT2D eigenvalue weighted by atomic mass is 10.1. The van der Waals surface area contributed by atoms with Crippen molar-refractivity contribution in [3.05, 3.63) is 60.6 Å². The molecule has 7 heteroatoms. The van der Waals surface area contributed by atoms with E-state index in [2.05, 4.69) is 43.8 Å². The second kappa shape index (κ2) is 6.76. The summed E-state index contributed by atoms with van der Waals surface area (Å²) in [5, 5.41) is 12.1. The highest BCUT2D eigenvalue weighted by molar-refractivity contribution is 14.1. The third-order valence-electron chi connectivity index (χ3n) is 2.64. The molecule has 0 fully saturated rings. The highest BCUT2D eigenvalue weighted by atomic mass is 127. The van der Waals surface area contributed by atoms with Crippen molar-refractivity contribution in [2.45, 2.75) is 0 Å². The van der Waals surface area contributed by atoms with Crippen molar-refractivity contribution >= 4 is 67.7 Å². The molecule has 0 bridgehead atoms. The van der Waals surface area contributed by atoms with Gasteiger partial charge in [0.05, 0.1) is 16.3 Å². The van der Waals surface area contributed by atoms with Gasteiger partial charge in [0.2, 0.25) is 0 Å². The van der Waals surface area contributed by atoms with E-state index in [0.29, 0.717) is 20.7 Å². The summed E-state index contributed by atoms with van der Waals surface area (Å²) in [6.07, 6.45) is 0. The summed E-state index contributed by atoms with van der Waals surface area (Å²) in [6.45, 7) is 0. The van der Waals surface area contributed by atoms with Gasteiger partial charge in [-0.1, -0.05) is 11.6 Å². The van der Waals surface area contributed by atoms with E-state index in [1.165, 1.54) is 12.1 Å². The topological polar surface area (TPSA) is 66.4 Å². The summed E-state index contributed by atoms with van der Waals surface area (Å²) in [7, 11) is 0. The molecule has 2 rings (SSSR count). The maximum Gasteiger partial charge on any atom is 0.335 e. The third-order valence-corrected chi connectivity index (χ3v) is 4.91. The van der Waals surface area contributed by atoms with Crippen LogP contribution in [0.5, 0.6) is 0 Å². The van der Waals surface area contributed by atoms with Crippen LogP contribution in [0.2, 0.25) is 5.02 Å². The van der Waals surface area contributed by atoms with Gasteiger partial charge in [-0.25, -0.2) is 4.79 Å². The molecule has 0 saturated carbocycles. The van der Waals surface area contributed by atoms with Crippen LogP contribution in [0.3, 0.4) is 0 Å². The average Bonchev–Trinajstić information content (AvgIpc) is 2.43. The molecule has 0 unspecified atom stereocenters. The van der Waals surface area contributed by atoms with Crippen LogP contribution in [0, 0.1) is 3.57 Å². The number of aromatic carboxylic acids is 1. The Bertz CT molecular complexity index is 736. The molecule has 4 nitrogen and oxygen atoms in total. The van der Waals surface area contributed by atoms with Crippen molar-refractivity contribution in [1.82, 2.24) is 0 Å². The van der Waals surface area contributed by atoms with Gasteiger partial charge < -0.3 is 10.4 Å². The minimum atomic E-state index is -1.06. The van der Waals surface area contributed by atoms with Crippen LogP contribution in [0.15, 0.2) is 40.9 Å². The quantitative estimate of drug-likeness (QED) is 0.629. The fourth-order valence-corrected chi connectivity index (χ4v) is 2.45. The summed E-state index contributed by atoms with van der Waals surface area (Å²) in [6, 6.07) is 9.36. The number of carbonyl (C=O) groups excluding carboxylic acids is 1. The van der Waals surface area contributed by atoms with Crippen LogP contribution in [0.25, 0.3) is 0 Å². The Morgan fingerprint density at radius 3 is 2.43 bits per heavy atom. The fraction of sp³-hybridized carbons (Fsp3) is 0. The van der Waals surface area contributed by atoms with E-state index >= 15 is 0 Å². The zero-order valence-corrected chi connectivity index (χ0v) is 14.9. The van der Waals surface area contributed by atoms with Crippen molar-refractivity contribution in [1.29, 1.82) is 0 Å². The van der Waals surface area contributed by atoms with Crippen LogP contribution in [-0.4, -0.2) is 17.0 Å². The predicted molar refractivity (Wildman–Crippen MR) is 93.2 cm³/mol. The largest absolute Gasteiger partial charge is 0.478 e. The molecular weight excluding hydrogens is 472 g/mol. The van der Waals surface area contributed by atoms with Gasteiger partial charge >= 0.3 is 5.97 Å². The second-order valence-electron chi connectivity index (χ2n) is 4.08. The smallest absolute Gasteiger partial charge is 0.335 e. The maximum absolute atomic E-state index is 12.2. The van der Waals surface area contributed by atoms with E-state index in [9.17, 15) is 9.59 Å². The van der Waals surface area contributed by atoms with Gasteiger partial charge in [-0.2, -0.15) is 0 Å². The number of anilines is 1. The van der Waals surface area contributed by atoms with Crippen molar-refractivity contribution in [3.63, 3.8) is 0 Å². The number of hydrogen-bond donors (Lipinski definition) is 2. The predicted octanol–water partition coefficient (Wildman–Crippen LogP) is 4.66. The lowest BCUT2D eigenvalue weighted by Gasteiger charge is -2.09. The summed E-state index contributed by atoms with van der Waals surface area (Å²) in [5.41, 5.74) is 0.872. The highest BCUT2D eigenvalue weighted by Crippen LogP contribution is 2.25. The van der Waals surface area contributed by atoms with E-state index in [4.69, 9.17) is 16.7 Å². The third kappa shape index (κ3) is 3.96. The number of carboxylic acids is 1. The van der Waals surface area contributed by atoms with Crippen LogP contribution < -0.4 is 5.32 Å². The van der Waals surface area contributed by atoms with E-state index in [-0.39, 0.29) is 11.5 Å². The Balaban J connectivity index is 2.28. The number of nitrogens with one attached hydrogen (secondary N) is 1. The molecule has 0 spiro atoms. The van der Waals surface area contributed by atoms with Gasteiger partial charge in [-0.15, -0.1) is 0 Å². The van der Waals surface area contributed by atoms with Gasteiger partial charge in [-0.05, 0) is 74.9 Å². The molecule has 0 heterocycles. The van der Waals surface area contributed by atoms with E-state index < -0.39 is 5.97 Å². The minimum absolute atomic E-state index is 0.0918. The first-order chi connectivity index (χ1) is 9.88. The summed E-state index contributed by atoms with van der Waals surface area (Å²) in [5.74, 6) is -1.42. The first-order valence-corrected chi connectivity index (χ1v) is 7.92. The number of rotatable bonds is 3. The minimum Gasteiger partial charge on any atom is -0.478 e. The number of hydrogen-bond acceptors (Lipinski definition) is 2.